The quantitative estimate of drug-likeness (QED) is 0.882. The Kier molecular flexibility index (Phi) is 3.19. The van der Waals surface area contributed by atoms with Crippen LogP contribution >= 0.6 is 0 Å². The zero-order chi connectivity index (χ0) is 12.4. The summed E-state index contributed by atoms with van der Waals surface area (Å²) in [6, 6.07) is 4.48. The molecule has 1 atom stereocenters. The van der Waals surface area contributed by atoms with Crippen LogP contribution in [0.25, 0.3) is 11.0 Å². The molecular weight excluding hydrogens is 226 g/mol. The molecule has 0 spiro atoms. The van der Waals surface area contributed by atoms with Crippen molar-refractivity contribution in [1.82, 2.24) is 10.3 Å². The fourth-order valence-corrected chi connectivity index (χ4v) is 2.72. The fraction of sp³-hybridized carbons (Fsp3) is 0.500. The Balaban J connectivity index is 1.90. The van der Waals surface area contributed by atoms with Crippen LogP contribution in [0, 0.1) is 0 Å². The van der Waals surface area contributed by atoms with Crippen LogP contribution in [-0.4, -0.2) is 31.2 Å². The van der Waals surface area contributed by atoms with Gasteiger partial charge in [-0.3, -0.25) is 0 Å². The van der Waals surface area contributed by atoms with Crippen LogP contribution in [0.3, 0.4) is 0 Å². The van der Waals surface area contributed by atoms with E-state index in [0.717, 1.165) is 29.9 Å². The van der Waals surface area contributed by atoms with E-state index < -0.39 is 0 Å². The normalized spacial score (nSPS) is 20.8. The van der Waals surface area contributed by atoms with Gasteiger partial charge in [-0.15, -0.1) is 0 Å². The first-order valence-corrected chi connectivity index (χ1v) is 6.62. The summed E-state index contributed by atoms with van der Waals surface area (Å²) in [5.41, 5.74) is 0.915. The molecule has 1 aliphatic rings. The van der Waals surface area contributed by atoms with E-state index in [9.17, 15) is 0 Å². The minimum atomic E-state index is 0.563. The number of fused-ring (bicyclic) bond motifs is 1. The van der Waals surface area contributed by atoms with Crippen molar-refractivity contribution in [3.63, 3.8) is 0 Å². The van der Waals surface area contributed by atoms with Gasteiger partial charge in [-0.05, 0) is 44.5 Å². The highest BCUT2D eigenvalue weighted by molar-refractivity contribution is 5.88. The molecule has 0 aliphatic carbocycles. The SMILES string of the molecule is CN(c1nccc2occc12)C1CCCNCC1. The predicted molar refractivity (Wildman–Crippen MR) is 72.9 cm³/mol. The van der Waals surface area contributed by atoms with Gasteiger partial charge in [0.15, 0.2) is 0 Å². The monoisotopic (exact) mass is 245 g/mol. The second-order valence-electron chi connectivity index (χ2n) is 4.91. The minimum Gasteiger partial charge on any atom is -0.464 e. The Morgan fingerprint density at radius 3 is 3.22 bits per heavy atom. The van der Waals surface area contributed by atoms with E-state index in [0.29, 0.717) is 6.04 Å². The molecule has 4 nitrogen and oxygen atoms in total. The summed E-state index contributed by atoms with van der Waals surface area (Å²) in [4.78, 5) is 6.84. The summed E-state index contributed by atoms with van der Waals surface area (Å²) in [6.45, 7) is 2.23. The molecule has 1 fully saturated rings. The highest BCUT2D eigenvalue weighted by Gasteiger charge is 2.19. The molecule has 18 heavy (non-hydrogen) atoms. The van der Waals surface area contributed by atoms with Gasteiger partial charge < -0.3 is 14.6 Å². The number of rotatable bonds is 2. The van der Waals surface area contributed by atoms with Gasteiger partial charge >= 0.3 is 0 Å². The van der Waals surface area contributed by atoms with Crippen molar-refractivity contribution in [1.29, 1.82) is 0 Å². The first-order valence-electron chi connectivity index (χ1n) is 6.62. The average molecular weight is 245 g/mol. The molecule has 1 aliphatic heterocycles. The number of furan rings is 1. The smallest absolute Gasteiger partial charge is 0.139 e. The third-order valence-corrected chi connectivity index (χ3v) is 3.79. The van der Waals surface area contributed by atoms with E-state index >= 15 is 0 Å². The number of anilines is 1. The van der Waals surface area contributed by atoms with Crippen LogP contribution in [0.5, 0.6) is 0 Å². The molecule has 1 unspecified atom stereocenters. The summed E-state index contributed by atoms with van der Waals surface area (Å²) in [7, 11) is 2.14. The highest BCUT2D eigenvalue weighted by Crippen LogP contribution is 2.27. The first-order chi connectivity index (χ1) is 8.86. The molecule has 3 rings (SSSR count). The van der Waals surface area contributed by atoms with E-state index in [-0.39, 0.29) is 0 Å². The number of pyridine rings is 1. The molecule has 1 saturated heterocycles. The molecule has 2 aromatic heterocycles. The van der Waals surface area contributed by atoms with Crippen molar-refractivity contribution in [2.75, 3.05) is 25.0 Å². The van der Waals surface area contributed by atoms with Gasteiger partial charge in [-0.1, -0.05) is 0 Å². The summed E-state index contributed by atoms with van der Waals surface area (Å²) in [6.07, 6.45) is 7.19. The number of nitrogens with zero attached hydrogens (tertiary/aromatic N) is 2. The number of nitrogens with one attached hydrogen (secondary N) is 1. The van der Waals surface area contributed by atoms with Crippen LogP contribution in [0.15, 0.2) is 29.0 Å². The Morgan fingerprint density at radius 1 is 1.33 bits per heavy atom. The first kappa shape index (κ1) is 11.5. The van der Waals surface area contributed by atoms with Crippen molar-refractivity contribution in [3.8, 4) is 0 Å². The summed E-state index contributed by atoms with van der Waals surface area (Å²) in [5, 5.41) is 4.56. The van der Waals surface area contributed by atoms with Crippen LogP contribution in [-0.2, 0) is 0 Å². The highest BCUT2D eigenvalue weighted by atomic mass is 16.3. The van der Waals surface area contributed by atoms with Gasteiger partial charge in [0.2, 0.25) is 0 Å². The molecule has 96 valence electrons. The van der Waals surface area contributed by atoms with E-state index in [1.807, 2.05) is 18.3 Å². The number of aromatic nitrogens is 1. The molecule has 0 aromatic carbocycles. The Morgan fingerprint density at radius 2 is 2.28 bits per heavy atom. The van der Waals surface area contributed by atoms with Gasteiger partial charge in [0.1, 0.15) is 11.4 Å². The minimum absolute atomic E-state index is 0.563. The average Bonchev–Trinajstić information content (AvgIpc) is 2.71. The number of hydrogen-bond donors (Lipinski definition) is 1. The standard InChI is InChI=1S/C14H19N3O/c1-17(11-3-2-7-15-8-4-11)14-12-6-10-18-13(12)5-9-16-14/h5-6,9-11,15H,2-4,7-8H2,1H3. The maximum absolute atomic E-state index is 5.44. The summed E-state index contributed by atoms with van der Waals surface area (Å²) >= 11 is 0. The fourth-order valence-electron chi connectivity index (χ4n) is 2.72. The van der Waals surface area contributed by atoms with Gasteiger partial charge in [0.05, 0.1) is 11.6 Å². The Bertz CT molecular complexity index is 514. The third kappa shape index (κ3) is 2.08. The van der Waals surface area contributed by atoms with Crippen LogP contribution in [0.4, 0.5) is 5.82 Å². The predicted octanol–water partition coefficient (Wildman–Crippen LogP) is 2.41. The Hall–Kier alpha value is -1.55. The van der Waals surface area contributed by atoms with Gasteiger partial charge in [0, 0.05) is 19.3 Å². The molecule has 0 bridgehead atoms. The molecule has 0 saturated carbocycles. The lowest BCUT2D eigenvalue weighted by Gasteiger charge is -2.28. The lowest BCUT2D eigenvalue weighted by Crippen LogP contribution is -2.33. The molecule has 0 radical (unpaired) electrons. The van der Waals surface area contributed by atoms with E-state index in [2.05, 4.69) is 22.2 Å². The molecule has 1 N–H and O–H groups in total. The maximum Gasteiger partial charge on any atom is 0.139 e. The maximum atomic E-state index is 5.44. The summed E-state index contributed by atoms with van der Waals surface area (Å²) in [5.74, 6) is 1.04. The van der Waals surface area contributed by atoms with Crippen molar-refractivity contribution >= 4 is 16.8 Å². The van der Waals surface area contributed by atoms with Crippen molar-refractivity contribution in [3.05, 3.63) is 24.6 Å². The van der Waals surface area contributed by atoms with E-state index in [1.54, 1.807) is 6.26 Å². The summed E-state index contributed by atoms with van der Waals surface area (Å²) < 4.78 is 5.44. The van der Waals surface area contributed by atoms with Gasteiger partial charge in [0.25, 0.3) is 0 Å². The van der Waals surface area contributed by atoms with Crippen LogP contribution < -0.4 is 10.2 Å². The molecular formula is C14H19N3O. The largest absolute Gasteiger partial charge is 0.464 e. The topological polar surface area (TPSA) is 41.3 Å². The van der Waals surface area contributed by atoms with Crippen LogP contribution in [0.1, 0.15) is 19.3 Å². The van der Waals surface area contributed by atoms with Gasteiger partial charge in [-0.25, -0.2) is 4.98 Å². The number of hydrogen-bond acceptors (Lipinski definition) is 4. The molecule has 2 aromatic rings. The van der Waals surface area contributed by atoms with Crippen molar-refractivity contribution < 1.29 is 4.42 Å². The van der Waals surface area contributed by atoms with Crippen molar-refractivity contribution in [2.24, 2.45) is 0 Å². The molecule has 0 amide bonds. The van der Waals surface area contributed by atoms with Crippen LogP contribution in [0.2, 0.25) is 0 Å². The third-order valence-electron chi connectivity index (χ3n) is 3.79. The molecule has 3 heterocycles. The lowest BCUT2D eigenvalue weighted by atomic mass is 10.1. The van der Waals surface area contributed by atoms with E-state index in [1.165, 1.54) is 19.3 Å². The second kappa shape index (κ2) is 4.98. The molecule has 4 heteroatoms. The van der Waals surface area contributed by atoms with Gasteiger partial charge in [-0.2, -0.15) is 0 Å². The van der Waals surface area contributed by atoms with Crippen molar-refractivity contribution in [2.45, 2.75) is 25.3 Å². The zero-order valence-electron chi connectivity index (χ0n) is 10.7. The van der Waals surface area contributed by atoms with E-state index in [4.69, 9.17) is 4.42 Å². The second-order valence-corrected chi connectivity index (χ2v) is 4.91. The zero-order valence-corrected chi connectivity index (χ0v) is 10.7. The lowest BCUT2D eigenvalue weighted by molar-refractivity contribution is 0.563. The Labute approximate surface area is 107 Å².